The first-order valence-corrected chi connectivity index (χ1v) is 11.4. The molecule has 0 saturated carbocycles. The van der Waals surface area contributed by atoms with E-state index in [2.05, 4.69) is 22.8 Å². The molecule has 1 aliphatic rings. The Morgan fingerprint density at radius 3 is 2.33 bits per heavy atom. The van der Waals surface area contributed by atoms with Gasteiger partial charge in [0.15, 0.2) is 0 Å². The van der Waals surface area contributed by atoms with E-state index in [0.29, 0.717) is 6.54 Å². The number of nitrogens with one attached hydrogen (secondary N) is 1. The van der Waals surface area contributed by atoms with Crippen LogP contribution in [0.15, 0.2) is 35.0 Å². The summed E-state index contributed by atoms with van der Waals surface area (Å²) in [5.74, 6) is 0.228. The number of thiophene rings is 2. The Morgan fingerprint density at radius 2 is 1.74 bits per heavy atom. The number of hydrogen-bond acceptors (Lipinski definition) is 4. The Kier molecular flexibility index (Phi) is 7.07. The lowest BCUT2D eigenvalue weighted by Gasteiger charge is -2.28. The smallest absolute Gasteiger partial charge is 0.226 e. The Bertz CT molecular complexity index is 727. The van der Waals surface area contributed by atoms with Gasteiger partial charge in [-0.15, -0.1) is 22.7 Å². The second-order valence-electron chi connectivity index (χ2n) is 7.44. The van der Waals surface area contributed by atoms with Crippen LogP contribution in [-0.2, 0) is 22.4 Å². The lowest BCUT2D eigenvalue weighted by Crippen LogP contribution is -2.46. The monoisotopic (exact) mass is 404 g/mol. The van der Waals surface area contributed by atoms with Crippen LogP contribution < -0.4 is 5.32 Å². The van der Waals surface area contributed by atoms with Gasteiger partial charge in [0.2, 0.25) is 11.8 Å². The quantitative estimate of drug-likeness (QED) is 0.724. The molecule has 6 heteroatoms. The minimum absolute atomic E-state index is 0.0160. The molecule has 4 nitrogen and oxygen atoms in total. The molecule has 1 aliphatic heterocycles. The molecule has 0 spiro atoms. The van der Waals surface area contributed by atoms with Crippen molar-refractivity contribution in [2.75, 3.05) is 13.1 Å². The average molecular weight is 405 g/mol. The Morgan fingerprint density at radius 1 is 1.11 bits per heavy atom. The van der Waals surface area contributed by atoms with Crippen molar-refractivity contribution in [3.8, 4) is 0 Å². The van der Waals surface area contributed by atoms with Crippen molar-refractivity contribution in [2.45, 2.75) is 45.6 Å². The molecule has 1 saturated heterocycles. The Balaban J connectivity index is 1.48. The fraction of sp³-hybridized carbons (Fsp3) is 0.524. The van der Waals surface area contributed by atoms with Crippen molar-refractivity contribution in [1.82, 2.24) is 10.2 Å². The van der Waals surface area contributed by atoms with E-state index in [9.17, 15) is 9.59 Å². The van der Waals surface area contributed by atoms with Crippen molar-refractivity contribution in [1.29, 1.82) is 0 Å². The zero-order valence-corrected chi connectivity index (χ0v) is 17.7. The first-order valence-electron chi connectivity index (χ1n) is 9.67. The van der Waals surface area contributed by atoms with E-state index in [1.165, 1.54) is 9.75 Å². The summed E-state index contributed by atoms with van der Waals surface area (Å²) in [5.41, 5.74) is 0. The fourth-order valence-electron chi connectivity index (χ4n) is 3.65. The maximum atomic E-state index is 12.9. The van der Waals surface area contributed by atoms with Gasteiger partial charge in [0.25, 0.3) is 0 Å². The molecular formula is C21H28N2O2S2. The maximum absolute atomic E-state index is 12.9. The van der Waals surface area contributed by atoms with Gasteiger partial charge in [0.1, 0.15) is 0 Å². The molecule has 0 radical (unpaired) electrons. The summed E-state index contributed by atoms with van der Waals surface area (Å²) in [5, 5.41) is 7.17. The minimum atomic E-state index is -0.0491. The Labute approximate surface area is 169 Å². The molecule has 3 heterocycles. The van der Waals surface area contributed by atoms with Crippen molar-refractivity contribution in [3.63, 3.8) is 0 Å². The van der Waals surface area contributed by atoms with Gasteiger partial charge in [-0.2, -0.15) is 0 Å². The van der Waals surface area contributed by atoms with E-state index in [-0.39, 0.29) is 29.7 Å². The van der Waals surface area contributed by atoms with Crippen LogP contribution in [0.5, 0.6) is 0 Å². The van der Waals surface area contributed by atoms with Crippen LogP contribution >= 0.6 is 22.7 Å². The predicted octanol–water partition coefficient (Wildman–Crippen LogP) is 3.97. The van der Waals surface area contributed by atoms with E-state index in [0.717, 1.165) is 32.2 Å². The molecule has 1 fully saturated rings. The molecule has 0 aliphatic carbocycles. The van der Waals surface area contributed by atoms with E-state index >= 15 is 0 Å². The number of amides is 2. The van der Waals surface area contributed by atoms with Gasteiger partial charge in [0, 0.05) is 40.7 Å². The third-order valence-electron chi connectivity index (χ3n) is 5.22. The van der Waals surface area contributed by atoms with E-state index < -0.39 is 0 Å². The largest absolute Gasteiger partial charge is 0.354 e. The van der Waals surface area contributed by atoms with Gasteiger partial charge in [-0.25, -0.2) is 0 Å². The standard InChI is InChI=1S/C21H28N2O2S2/c1-15(12-18-7-4-10-26-18)20(24)22-14-17-6-3-9-23(17)21(25)16(2)13-19-8-5-11-27-19/h4-5,7-8,10-11,15-17H,3,6,9,12-14H2,1-2H3,(H,22,24)/t15-,16-,17+/m0/s1. The van der Waals surface area contributed by atoms with Crippen LogP contribution in [0.2, 0.25) is 0 Å². The second-order valence-corrected chi connectivity index (χ2v) is 9.51. The molecular weight excluding hydrogens is 376 g/mol. The Hall–Kier alpha value is -1.66. The predicted molar refractivity (Wildman–Crippen MR) is 112 cm³/mol. The van der Waals surface area contributed by atoms with Crippen molar-refractivity contribution < 1.29 is 9.59 Å². The van der Waals surface area contributed by atoms with E-state index in [1.54, 1.807) is 22.7 Å². The summed E-state index contributed by atoms with van der Waals surface area (Å²) in [6.07, 6.45) is 3.55. The van der Waals surface area contributed by atoms with E-state index in [4.69, 9.17) is 0 Å². The highest BCUT2D eigenvalue weighted by Crippen LogP contribution is 2.22. The second kappa shape index (κ2) is 9.51. The number of carbonyl (C=O) groups is 2. The lowest BCUT2D eigenvalue weighted by atomic mass is 10.0. The molecule has 0 aromatic carbocycles. The van der Waals surface area contributed by atoms with Gasteiger partial charge in [-0.3, -0.25) is 9.59 Å². The van der Waals surface area contributed by atoms with E-state index in [1.807, 2.05) is 36.3 Å². The molecule has 1 N–H and O–H groups in total. The highest BCUT2D eigenvalue weighted by molar-refractivity contribution is 7.10. The summed E-state index contributed by atoms with van der Waals surface area (Å²) in [4.78, 5) is 29.8. The fourth-order valence-corrected chi connectivity index (χ4v) is 5.33. The SMILES string of the molecule is C[C@@H](Cc1cccs1)C(=O)NC[C@H]1CCCN1C(=O)[C@@H](C)Cc1cccs1. The van der Waals surface area contributed by atoms with Crippen LogP contribution in [0.4, 0.5) is 0 Å². The van der Waals surface area contributed by atoms with Crippen LogP contribution in [-0.4, -0.2) is 35.8 Å². The molecule has 2 aromatic rings. The molecule has 3 rings (SSSR count). The number of carbonyl (C=O) groups excluding carboxylic acids is 2. The summed E-state index contributed by atoms with van der Waals surface area (Å²) in [6.45, 7) is 5.35. The first kappa shape index (κ1) is 20.1. The summed E-state index contributed by atoms with van der Waals surface area (Å²) in [6, 6.07) is 8.33. The molecule has 0 unspecified atom stereocenters. The minimum Gasteiger partial charge on any atom is -0.354 e. The average Bonchev–Trinajstić information content (AvgIpc) is 3.41. The molecule has 27 heavy (non-hydrogen) atoms. The van der Waals surface area contributed by atoms with Gasteiger partial charge < -0.3 is 10.2 Å². The summed E-state index contributed by atoms with van der Waals surface area (Å²) in [7, 11) is 0. The third-order valence-corrected chi connectivity index (χ3v) is 7.01. The molecule has 3 atom stereocenters. The van der Waals surface area contributed by atoms with Gasteiger partial charge in [-0.05, 0) is 48.6 Å². The number of likely N-dealkylation sites (tertiary alicyclic amines) is 1. The highest BCUT2D eigenvalue weighted by Gasteiger charge is 2.32. The molecule has 0 bridgehead atoms. The van der Waals surface area contributed by atoms with Crippen molar-refractivity contribution in [3.05, 3.63) is 44.8 Å². The summed E-state index contributed by atoms with van der Waals surface area (Å²) >= 11 is 3.39. The van der Waals surface area contributed by atoms with Crippen LogP contribution in [0.25, 0.3) is 0 Å². The lowest BCUT2D eigenvalue weighted by molar-refractivity contribution is -0.136. The molecule has 2 aromatic heterocycles. The normalized spacial score (nSPS) is 19.0. The van der Waals surface area contributed by atoms with Gasteiger partial charge in [0.05, 0.1) is 0 Å². The highest BCUT2D eigenvalue weighted by atomic mass is 32.1. The third kappa shape index (κ3) is 5.42. The number of nitrogens with zero attached hydrogens (tertiary/aromatic N) is 1. The van der Waals surface area contributed by atoms with Crippen molar-refractivity contribution in [2.24, 2.45) is 11.8 Å². The zero-order chi connectivity index (χ0) is 19.2. The molecule has 2 amide bonds. The van der Waals surface area contributed by atoms with Crippen LogP contribution in [0.1, 0.15) is 36.4 Å². The first-order chi connectivity index (χ1) is 13.0. The zero-order valence-electron chi connectivity index (χ0n) is 16.0. The van der Waals surface area contributed by atoms with Crippen molar-refractivity contribution >= 4 is 34.5 Å². The number of rotatable bonds is 8. The molecule has 146 valence electrons. The van der Waals surface area contributed by atoms with Gasteiger partial charge >= 0.3 is 0 Å². The number of hydrogen-bond donors (Lipinski definition) is 1. The summed E-state index contributed by atoms with van der Waals surface area (Å²) < 4.78 is 0. The topological polar surface area (TPSA) is 49.4 Å². The van der Waals surface area contributed by atoms with Crippen LogP contribution in [0.3, 0.4) is 0 Å². The van der Waals surface area contributed by atoms with Gasteiger partial charge in [-0.1, -0.05) is 26.0 Å². The maximum Gasteiger partial charge on any atom is 0.226 e. The van der Waals surface area contributed by atoms with Crippen LogP contribution in [0, 0.1) is 11.8 Å².